The third-order valence-electron chi connectivity index (χ3n) is 0.799. The maximum Gasteiger partial charge on any atom is 0.121 e. The van der Waals surface area contributed by atoms with E-state index in [1.54, 1.807) is 6.92 Å². The maximum atomic E-state index is 9.88. The number of hydrogen-bond acceptors (Lipinski definition) is 5. The Bertz CT molecular complexity index is 111. The minimum Gasteiger partial charge on any atom is -0.750 e. The minimum absolute atomic E-state index is 0.458. The molecule has 0 radical (unpaired) electrons. The molecule has 0 amide bonds. The summed E-state index contributed by atoms with van der Waals surface area (Å²) >= 11 is -2.45. The molecule has 0 saturated heterocycles. The molecule has 0 rings (SSSR count). The predicted octanol–water partition coefficient (Wildman–Crippen LogP) is -1.31. The van der Waals surface area contributed by atoms with E-state index in [9.17, 15) is 8.76 Å². The Morgan fingerprint density at radius 1 is 1.90 bits per heavy atom. The predicted molar refractivity (Wildman–Crippen MR) is 36.5 cm³/mol. The first kappa shape index (κ1) is 9.99. The summed E-state index contributed by atoms with van der Waals surface area (Å²) in [5.74, 6) is 0. The summed E-state index contributed by atoms with van der Waals surface area (Å²) in [5.41, 5.74) is 5.14. The summed E-state index contributed by atoms with van der Waals surface area (Å²) in [7, 11) is 0. The molecule has 2 unspecified atom stereocenters. The van der Waals surface area contributed by atoms with Gasteiger partial charge in [-0.05, 0) is 6.92 Å². The van der Waals surface area contributed by atoms with Crippen molar-refractivity contribution in [2.24, 2.45) is 5.73 Å². The van der Waals surface area contributed by atoms with Gasteiger partial charge in [-0.2, -0.15) is 0 Å². The van der Waals surface area contributed by atoms with E-state index >= 15 is 0 Å². The summed E-state index contributed by atoms with van der Waals surface area (Å²) in [6.07, 6.45) is -0.498. The number of hydrogen-bond donors (Lipinski definition) is 2. The number of nitrogens with two attached hydrogens (primary N) is 1. The first-order chi connectivity index (χ1) is 4.66. The van der Waals surface area contributed by atoms with Crippen molar-refractivity contribution >= 4 is 11.4 Å². The molecule has 2 atom stereocenters. The van der Waals surface area contributed by atoms with Crippen molar-refractivity contribution in [2.45, 2.75) is 13.2 Å². The van der Waals surface area contributed by atoms with Crippen LogP contribution in [-0.2, 0) is 15.5 Å². The van der Waals surface area contributed by atoms with Crippen LogP contribution in [0.2, 0.25) is 0 Å². The Balaban J connectivity index is 3.25. The highest BCUT2D eigenvalue weighted by molar-refractivity contribution is 7.74. The highest BCUT2D eigenvalue weighted by Crippen LogP contribution is 1.86. The van der Waals surface area contributed by atoms with Gasteiger partial charge in [0.25, 0.3) is 0 Å². The zero-order chi connectivity index (χ0) is 7.98. The fourth-order valence-corrected chi connectivity index (χ4v) is 0.742. The summed E-state index contributed by atoms with van der Waals surface area (Å²) in [4.78, 5) is 0. The average molecular weight is 167 g/mol. The van der Waals surface area contributed by atoms with Gasteiger partial charge < -0.3 is 10.3 Å². The molecule has 0 fully saturated rings. The van der Waals surface area contributed by atoms with Gasteiger partial charge in [0.1, 0.15) is 6.23 Å². The number of nitrogens with one attached hydrogen (secondary N) is 1. The smallest absolute Gasteiger partial charge is 0.121 e. The second-order valence-corrected chi connectivity index (χ2v) is 2.29. The van der Waals surface area contributed by atoms with E-state index < -0.39 is 17.6 Å². The van der Waals surface area contributed by atoms with Gasteiger partial charge in [-0.25, -0.2) is 4.21 Å². The third kappa shape index (κ3) is 6.12. The van der Waals surface area contributed by atoms with Crippen LogP contribution < -0.4 is 11.1 Å². The van der Waals surface area contributed by atoms with Crippen LogP contribution in [0.1, 0.15) is 6.92 Å². The van der Waals surface area contributed by atoms with Crippen LogP contribution in [-0.4, -0.2) is 28.1 Å². The van der Waals surface area contributed by atoms with Crippen LogP contribution in [0.4, 0.5) is 0 Å². The quantitative estimate of drug-likeness (QED) is 0.392. The van der Waals surface area contributed by atoms with Gasteiger partial charge in [0, 0.05) is 13.1 Å². The van der Waals surface area contributed by atoms with E-state index in [0.717, 1.165) is 0 Å². The molecular formula is C4H11N2O3S-. The topological polar surface area (TPSA) is 87.4 Å². The van der Waals surface area contributed by atoms with Crippen LogP contribution in [0.15, 0.2) is 0 Å². The first-order valence-electron chi connectivity index (χ1n) is 2.86. The summed E-state index contributed by atoms with van der Waals surface area (Å²) in [6, 6.07) is 0. The molecular weight excluding hydrogens is 156 g/mol. The lowest BCUT2D eigenvalue weighted by molar-refractivity contribution is 0.185. The SMILES string of the molecule is CC(NCCN)OS(=O)[O-]. The Morgan fingerprint density at radius 3 is 2.90 bits per heavy atom. The molecule has 5 nitrogen and oxygen atoms in total. The fourth-order valence-electron chi connectivity index (χ4n) is 0.438. The van der Waals surface area contributed by atoms with Crippen LogP contribution >= 0.6 is 0 Å². The normalized spacial score (nSPS) is 16.7. The van der Waals surface area contributed by atoms with E-state index in [-0.39, 0.29) is 0 Å². The fraction of sp³-hybridized carbons (Fsp3) is 1.00. The van der Waals surface area contributed by atoms with Crippen molar-refractivity contribution < 1.29 is 12.9 Å². The molecule has 0 heterocycles. The molecule has 6 heteroatoms. The van der Waals surface area contributed by atoms with Gasteiger partial charge in [-0.15, -0.1) is 0 Å². The Labute approximate surface area is 62.4 Å². The summed E-state index contributed by atoms with van der Waals surface area (Å²) in [6.45, 7) is 2.59. The molecule has 0 saturated carbocycles. The molecule has 0 bridgehead atoms. The molecule has 0 aliphatic carbocycles. The van der Waals surface area contributed by atoms with Crippen molar-refractivity contribution in [3.63, 3.8) is 0 Å². The highest BCUT2D eigenvalue weighted by Gasteiger charge is 1.97. The van der Waals surface area contributed by atoms with Crippen molar-refractivity contribution in [3.05, 3.63) is 0 Å². The summed E-state index contributed by atoms with van der Waals surface area (Å²) < 4.78 is 24.1. The van der Waals surface area contributed by atoms with E-state index in [1.807, 2.05) is 0 Å². The first-order valence-corrected chi connectivity index (χ1v) is 3.86. The molecule has 0 aromatic carbocycles. The van der Waals surface area contributed by atoms with Gasteiger partial charge in [0.15, 0.2) is 0 Å². The van der Waals surface area contributed by atoms with Gasteiger partial charge >= 0.3 is 0 Å². The monoisotopic (exact) mass is 167 g/mol. The van der Waals surface area contributed by atoms with Gasteiger partial charge in [-0.1, -0.05) is 0 Å². The third-order valence-corrected chi connectivity index (χ3v) is 1.24. The molecule has 0 aromatic rings. The van der Waals surface area contributed by atoms with E-state index in [2.05, 4.69) is 9.50 Å². The lowest BCUT2D eigenvalue weighted by atomic mass is 10.6. The molecule has 10 heavy (non-hydrogen) atoms. The minimum atomic E-state index is -2.45. The van der Waals surface area contributed by atoms with Crippen LogP contribution in [0.5, 0.6) is 0 Å². The van der Waals surface area contributed by atoms with Crippen LogP contribution in [0, 0.1) is 0 Å². The lowest BCUT2D eigenvalue weighted by Crippen LogP contribution is -2.33. The number of rotatable bonds is 5. The van der Waals surface area contributed by atoms with Crippen molar-refractivity contribution in [2.75, 3.05) is 13.1 Å². The Hall–Kier alpha value is -0.0100. The molecule has 0 spiro atoms. The zero-order valence-electron chi connectivity index (χ0n) is 5.70. The summed E-state index contributed by atoms with van der Waals surface area (Å²) in [5, 5.41) is 2.72. The molecule has 62 valence electrons. The Morgan fingerprint density at radius 2 is 2.50 bits per heavy atom. The molecule has 0 aromatic heterocycles. The maximum absolute atomic E-state index is 9.88. The lowest BCUT2D eigenvalue weighted by Gasteiger charge is -2.14. The average Bonchev–Trinajstić information content (AvgIpc) is 1.82. The largest absolute Gasteiger partial charge is 0.750 e. The second kappa shape index (κ2) is 5.75. The molecule has 0 aliphatic heterocycles. The second-order valence-electron chi connectivity index (χ2n) is 1.69. The Kier molecular flexibility index (Phi) is 5.74. The van der Waals surface area contributed by atoms with E-state index in [1.165, 1.54) is 0 Å². The molecule has 0 aliphatic rings. The van der Waals surface area contributed by atoms with Crippen molar-refractivity contribution in [3.8, 4) is 0 Å². The van der Waals surface area contributed by atoms with E-state index in [4.69, 9.17) is 5.73 Å². The van der Waals surface area contributed by atoms with Crippen LogP contribution in [0.25, 0.3) is 0 Å². The van der Waals surface area contributed by atoms with Gasteiger partial charge in [-0.3, -0.25) is 9.50 Å². The molecule has 3 N–H and O–H groups in total. The standard InChI is InChI=1S/C4H12N2O3S/c1-4(6-3-2-5)9-10(7)8/h4,6H,2-3,5H2,1H3,(H,7,8)/p-1. The van der Waals surface area contributed by atoms with Gasteiger partial charge in [0.2, 0.25) is 0 Å². The van der Waals surface area contributed by atoms with Crippen molar-refractivity contribution in [1.29, 1.82) is 0 Å². The van der Waals surface area contributed by atoms with Crippen molar-refractivity contribution in [1.82, 2.24) is 5.32 Å². The van der Waals surface area contributed by atoms with E-state index in [0.29, 0.717) is 13.1 Å². The highest BCUT2D eigenvalue weighted by atomic mass is 32.2. The van der Waals surface area contributed by atoms with Gasteiger partial charge in [0.05, 0.1) is 11.4 Å². The van der Waals surface area contributed by atoms with Crippen LogP contribution in [0.3, 0.4) is 0 Å². The zero-order valence-corrected chi connectivity index (χ0v) is 6.52.